The molecule has 0 spiro atoms. The number of hydrogen-bond donors (Lipinski definition) is 0. The molecule has 0 saturated heterocycles. The van der Waals surface area contributed by atoms with E-state index in [1.807, 2.05) is 11.8 Å². The molecule has 2 nitrogen and oxygen atoms in total. The van der Waals surface area contributed by atoms with Gasteiger partial charge < -0.3 is 0 Å². The molecule has 0 saturated carbocycles. The molecule has 3 heteroatoms. The summed E-state index contributed by atoms with van der Waals surface area (Å²) in [6, 6.07) is 66.3. The molecule has 0 aliphatic carbocycles. The van der Waals surface area contributed by atoms with E-state index in [4.69, 9.17) is 4.98 Å². The van der Waals surface area contributed by atoms with Gasteiger partial charge in [0.2, 0.25) is 0 Å². The summed E-state index contributed by atoms with van der Waals surface area (Å²) in [6.45, 7) is 4.63. The van der Waals surface area contributed by atoms with E-state index >= 15 is 0 Å². The SMILES string of the molecule is CC1(C)Sc2nc(-c3ccccc3)c(-c3ccccc3)n2-c2cc(-c3cc(-c4ccc5ccccc5c4)cc(-c4ccc5ccccc5c4)c3)ccc21. The van der Waals surface area contributed by atoms with Crippen LogP contribution in [0.25, 0.3) is 83.1 Å². The van der Waals surface area contributed by atoms with Gasteiger partial charge in [-0.05, 0) is 111 Å². The van der Waals surface area contributed by atoms with E-state index in [2.05, 4.69) is 200 Å². The summed E-state index contributed by atoms with van der Waals surface area (Å²) in [6.07, 6.45) is 0. The summed E-state index contributed by atoms with van der Waals surface area (Å²) in [5, 5.41) is 5.99. The van der Waals surface area contributed by atoms with E-state index in [1.54, 1.807) is 0 Å². The summed E-state index contributed by atoms with van der Waals surface area (Å²) in [7, 11) is 0. The van der Waals surface area contributed by atoms with Crippen LogP contribution in [-0.2, 0) is 4.75 Å². The minimum absolute atomic E-state index is 0.166. The van der Waals surface area contributed by atoms with Crippen molar-refractivity contribution in [3.05, 3.63) is 188 Å². The zero-order valence-corrected chi connectivity index (χ0v) is 30.4. The van der Waals surface area contributed by atoms with E-state index in [1.165, 1.54) is 66.2 Å². The van der Waals surface area contributed by atoms with Crippen LogP contribution in [0.2, 0.25) is 0 Å². The van der Waals surface area contributed by atoms with Crippen LogP contribution in [0.5, 0.6) is 0 Å². The highest BCUT2D eigenvalue weighted by atomic mass is 32.2. The first-order chi connectivity index (χ1) is 26.0. The van der Waals surface area contributed by atoms with Crippen LogP contribution in [-0.4, -0.2) is 9.55 Å². The Bertz CT molecular complexity index is 2730. The highest BCUT2D eigenvalue weighted by molar-refractivity contribution is 8.00. The number of aromatic nitrogens is 2. The van der Waals surface area contributed by atoms with E-state index in [0.29, 0.717) is 0 Å². The van der Waals surface area contributed by atoms with Crippen molar-refractivity contribution in [2.75, 3.05) is 0 Å². The number of rotatable bonds is 5. The van der Waals surface area contributed by atoms with Gasteiger partial charge in [-0.1, -0.05) is 157 Å². The third-order valence-electron chi connectivity index (χ3n) is 10.6. The summed E-state index contributed by atoms with van der Waals surface area (Å²) < 4.78 is 2.24. The Kier molecular flexibility index (Phi) is 7.45. The van der Waals surface area contributed by atoms with Gasteiger partial charge in [0.05, 0.1) is 17.1 Å². The van der Waals surface area contributed by atoms with Gasteiger partial charge in [0.25, 0.3) is 0 Å². The van der Waals surface area contributed by atoms with Crippen LogP contribution in [0, 0.1) is 0 Å². The zero-order chi connectivity index (χ0) is 35.5. The van der Waals surface area contributed by atoms with Crippen molar-refractivity contribution in [3.8, 4) is 61.6 Å². The Labute approximate surface area is 314 Å². The number of thioether (sulfide) groups is 1. The molecule has 2 heterocycles. The summed E-state index contributed by atoms with van der Waals surface area (Å²) >= 11 is 1.84. The zero-order valence-electron chi connectivity index (χ0n) is 29.6. The Balaban J connectivity index is 1.20. The molecular formula is C50H36N2S. The van der Waals surface area contributed by atoms with E-state index in [9.17, 15) is 0 Å². The fraction of sp³-hybridized carbons (Fsp3) is 0.0600. The maximum absolute atomic E-state index is 5.38. The molecule has 10 rings (SSSR count). The molecule has 8 aromatic carbocycles. The van der Waals surface area contributed by atoms with Gasteiger partial charge in [0.1, 0.15) is 0 Å². The predicted octanol–water partition coefficient (Wildman–Crippen LogP) is 13.9. The molecule has 0 radical (unpaired) electrons. The van der Waals surface area contributed by atoms with Gasteiger partial charge in [0.15, 0.2) is 5.16 Å². The van der Waals surface area contributed by atoms with Gasteiger partial charge >= 0.3 is 0 Å². The predicted molar refractivity (Wildman–Crippen MR) is 225 cm³/mol. The molecular weight excluding hydrogens is 661 g/mol. The smallest absolute Gasteiger partial charge is 0.174 e. The van der Waals surface area contributed by atoms with Gasteiger partial charge in [-0.2, -0.15) is 0 Å². The lowest BCUT2D eigenvalue weighted by molar-refractivity contribution is 0.724. The highest BCUT2D eigenvalue weighted by Gasteiger charge is 2.36. The minimum Gasteiger partial charge on any atom is -0.286 e. The molecule has 53 heavy (non-hydrogen) atoms. The van der Waals surface area contributed by atoms with Crippen LogP contribution in [0.1, 0.15) is 19.4 Å². The molecule has 1 aliphatic rings. The topological polar surface area (TPSA) is 17.8 Å². The lowest BCUT2D eigenvalue weighted by Crippen LogP contribution is -2.22. The third kappa shape index (κ3) is 5.56. The number of benzene rings is 8. The number of fused-ring (bicyclic) bond motifs is 5. The first kappa shape index (κ1) is 31.6. The molecule has 0 unspecified atom stereocenters. The monoisotopic (exact) mass is 696 g/mol. The van der Waals surface area contributed by atoms with Crippen molar-refractivity contribution in [3.63, 3.8) is 0 Å². The van der Waals surface area contributed by atoms with Crippen LogP contribution in [0.3, 0.4) is 0 Å². The van der Waals surface area contributed by atoms with Crippen molar-refractivity contribution in [1.82, 2.24) is 9.55 Å². The largest absolute Gasteiger partial charge is 0.286 e. The Hall–Kier alpha value is -6.16. The minimum atomic E-state index is -0.166. The second kappa shape index (κ2) is 12.5. The Morgan fingerprint density at radius 1 is 0.415 bits per heavy atom. The Morgan fingerprint density at radius 2 is 0.887 bits per heavy atom. The third-order valence-corrected chi connectivity index (χ3v) is 11.8. The van der Waals surface area contributed by atoms with Gasteiger partial charge in [-0.15, -0.1) is 0 Å². The molecule has 0 fully saturated rings. The maximum Gasteiger partial charge on any atom is 0.174 e. The normalized spacial score (nSPS) is 13.2. The number of hydrogen-bond acceptors (Lipinski definition) is 2. The van der Waals surface area contributed by atoms with Gasteiger partial charge in [-0.3, -0.25) is 4.57 Å². The fourth-order valence-corrected chi connectivity index (χ4v) is 9.06. The lowest BCUT2D eigenvalue weighted by atomic mass is 9.90. The van der Waals surface area contributed by atoms with Crippen LogP contribution in [0.15, 0.2) is 187 Å². The number of imidazole rings is 1. The molecule has 252 valence electrons. The first-order valence-electron chi connectivity index (χ1n) is 18.2. The molecule has 9 aromatic rings. The summed E-state index contributed by atoms with van der Waals surface area (Å²) in [5.74, 6) is 0. The summed E-state index contributed by atoms with van der Waals surface area (Å²) in [5.41, 5.74) is 14.0. The summed E-state index contributed by atoms with van der Waals surface area (Å²) in [4.78, 5) is 5.38. The quantitative estimate of drug-likeness (QED) is 0.178. The van der Waals surface area contributed by atoms with E-state index < -0.39 is 0 Å². The molecule has 0 N–H and O–H groups in total. The molecule has 0 atom stereocenters. The molecule has 0 bridgehead atoms. The second-order valence-corrected chi connectivity index (χ2v) is 16.0. The van der Waals surface area contributed by atoms with Crippen molar-refractivity contribution < 1.29 is 0 Å². The lowest BCUT2D eigenvalue weighted by Gasteiger charge is -2.33. The Morgan fingerprint density at radius 3 is 1.45 bits per heavy atom. The van der Waals surface area contributed by atoms with Crippen molar-refractivity contribution in [2.45, 2.75) is 23.8 Å². The molecule has 1 aromatic heterocycles. The fourth-order valence-electron chi connectivity index (χ4n) is 7.91. The van der Waals surface area contributed by atoms with E-state index in [-0.39, 0.29) is 4.75 Å². The average Bonchev–Trinajstić information content (AvgIpc) is 3.59. The first-order valence-corrected chi connectivity index (χ1v) is 19.0. The van der Waals surface area contributed by atoms with Gasteiger partial charge in [-0.25, -0.2) is 4.98 Å². The average molecular weight is 697 g/mol. The standard InChI is InChI=1S/C50H36N2S/c1-50(2)45-26-25-41(32-46(45)52-48(36-17-7-4-8-18-36)47(51-49(52)53-50)35-15-5-3-6-16-35)44-30-42(39-23-21-33-13-9-11-19-37(33)27-39)29-43(31-44)40-24-22-34-14-10-12-20-38(34)28-40/h3-32H,1-2H3. The molecule has 0 amide bonds. The van der Waals surface area contributed by atoms with Crippen LogP contribution < -0.4 is 0 Å². The van der Waals surface area contributed by atoms with Crippen molar-refractivity contribution in [2.24, 2.45) is 0 Å². The van der Waals surface area contributed by atoms with Crippen molar-refractivity contribution in [1.29, 1.82) is 0 Å². The number of nitrogens with zero attached hydrogens (tertiary/aromatic N) is 2. The van der Waals surface area contributed by atoms with E-state index in [0.717, 1.165) is 27.7 Å². The van der Waals surface area contributed by atoms with Crippen molar-refractivity contribution >= 4 is 33.3 Å². The highest BCUT2D eigenvalue weighted by Crippen LogP contribution is 2.52. The maximum atomic E-state index is 5.38. The van der Waals surface area contributed by atoms with Crippen LogP contribution >= 0.6 is 11.8 Å². The van der Waals surface area contributed by atoms with Crippen LogP contribution in [0.4, 0.5) is 0 Å². The molecule has 1 aliphatic heterocycles. The van der Waals surface area contributed by atoms with Gasteiger partial charge in [0, 0.05) is 15.9 Å². The second-order valence-electron chi connectivity index (χ2n) is 14.4.